The van der Waals surface area contributed by atoms with Gasteiger partial charge in [0.05, 0.1) is 27.7 Å². The molecule has 1 aromatic carbocycles. The van der Waals surface area contributed by atoms with E-state index in [0.29, 0.717) is 28.0 Å². The minimum absolute atomic E-state index is 0.349. The van der Waals surface area contributed by atoms with Crippen LogP contribution < -0.4 is 15.8 Å². The molecule has 19 heavy (non-hydrogen) atoms. The zero-order valence-corrected chi connectivity index (χ0v) is 13.2. The first kappa shape index (κ1) is 16.4. The molecule has 5 nitrogen and oxygen atoms in total. The topological polar surface area (TPSA) is 84.2 Å². The molecule has 0 spiro atoms. The van der Waals surface area contributed by atoms with E-state index in [1.807, 2.05) is 0 Å². The fourth-order valence-electron chi connectivity index (χ4n) is 1.57. The minimum Gasteiger partial charge on any atom is -0.397 e. The van der Waals surface area contributed by atoms with E-state index in [4.69, 9.17) is 28.9 Å². The van der Waals surface area contributed by atoms with Crippen LogP contribution in [0.15, 0.2) is 12.1 Å². The summed E-state index contributed by atoms with van der Waals surface area (Å²) in [7, 11) is -3.28. The lowest BCUT2D eigenvalue weighted by Gasteiger charge is -2.26. The Balaban J connectivity index is 2.79. The van der Waals surface area contributed by atoms with E-state index >= 15 is 0 Å². The molecule has 0 heterocycles. The predicted octanol–water partition coefficient (Wildman–Crippen LogP) is 2.32. The summed E-state index contributed by atoms with van der Waals surface area (Å²) in [5.74, 6) is 0. The van der Waals surface area contributed by atoms with E-state index in [1.54, 1.807) is 26.0 Å². The van der Waals surface area contributed by atoms with E-state index in [2.05, 4.69) is 10.0 Å². The third kappa shape index (κ3) is 5.44. The maximum absolute atomic E-state index is 11.2. The van der Waals surface area contributed by atoms with E-state index in [-0.39, 0.29) is 0 Å². The van der Waals surface area contributed by atoms with Crippen LogP contribution in [-0.2, 0) is 10.0 Å². The quantitative estimate of drug-likeness (QED) is 0.725. The van der Waals surface area contributed by atoms with Gasteiger partial charge in [-0.1, -0.05) is 23.2 Å². The minimum atomic E-state index is -3.28. The Labute approximate surface area is 123 Å². The van der Waals surface area contributed by atoms with Gasteiger partial charge >= 0.3 is 0 Å². The highest BCUT2D eigenvalue weighted by Crippen LogP contribution is 2.30. The van der Waals surface area contributed by atoms with Crippen molar-refractivity contribution in [2.45, 2.75) is 19.4 Å². The van der Waals surface area contributed by atoms with Crippen LogP contribution in [-0.4, -0.2) is 26.8 Å². The molecular weight excluding hydrogens is 309 g/mol. The molecule has 0 radical (unpaired) electrons. The molecule has 0 aliphatic rings. The van der Waals surface area contributed by atoms with E-state index in [1.165, 1.54) is 0 Å². The average Bonchev–Trinajstić information content (AvgIpc) is 2.18. The van der Waals surface area contributed by atoms with E-state index in [9.17, 15) is 8.42 Å². The van der Waals surface area contributed by atoms with Crippen molar-refractivity contribution in [2.24, 2.45) is 0 Å². The number of nitrogens with two attached hydrogens (primary N) is 1. The average molecular weight is 326 g/mol. The van der Waals surface area contributed by atoms with Crippen LogP contribution in [0.4, 0.5) is 11.4 Å². The Kier molecular flexibility index (Phi) is 4.95. The lowest BCUT2D eigenvalue weighted by Crippen LogP contribution is -2.47. The molecule has 1 aromatic rings. The second-order valence-electron chi connectivity index (χ2n) is 4.97. The predicted molar refractivity (Wildman–Crippen MR) is 81.4 cm³/mol. The summed E-state index contributed by atoms with van der Waals surface area (Å²) in [6.07, 6.45) is 1.11. The molecule has 4 N–H and O–H groups in total. The summed E-state index contributed by atoms with van der Waals surface area (Å²) in [6, 6.07) is 3.15. The molecule has 0 unspecified atom stereocenters. The fraction of sp³-hybridized carbons (Fsp3) is 0.455. The number of hydrogen-bond acceptors (Lipinski definition) is 4. The Hall–Kier alpha value is -0.690. The summed E-state index contributed by atoms with van der Waals surface area (Å²) in [6.45, 7) is 3.87. The maximum Gasteiger partial charge on any atom is 0.209 e. The Bertz CT molecular complexity index is 574. The van der Waals surface area contributed by atoms with Crippen molar-refractivity contribution in [3.63, 3.8) is 0 Å². The zero-order valence-electron chi connectivity index (χ0n) is 10.9. The highest BCUT2D eigenvalue weighted by molar-refractivity contribution is 7.88. The number of hydrogen-bond donors (Lipinski definition) is 3. The van der Waals surface area contributed by atoms with Crippen molar-refractivity contribution in [2.75, 3.05) is 23.9 Å². The number of nitrogen functional groups attached to an aromatic ring is 1. The van der Waals surface area contributed by atoms with Crippen LogP contribution in [0, 0.1) is 0 Å². The number of halogens is 2. The largest absolute Gasteiger partial charge is 0.397 e. The lowest BCUT2D eigenvalue weighted by atomic mass is 10.1. The van der Waals surface area contributed by atoms with Gasteiger partial charge in [0.1, 0.15) is 0 Å². The molecule has 0 bridgehead atoms. The molecule has 8 heteroatoms. The van der Waals surface area contributed by atoms with Crippen LogP contribution in [0.1, 0.15) is 13.8 Å². The summed E-state index contributed by atoms with van der Waals surface area (Å²) < 4.78 is 25.0. The normalized spacial score (nSPS) is 12.5. The van der Waals surface area contributed by atoms with Gasteiger partial charge in [-0.25, -0.2) is 13.1 Å². The molecule has 0 aliphatic carbocycles. The van der Waals surface area contributed by atoms with E-state index in [0.717, 1.165) is 6.26 Å². The Morgan fingerprint density at radius 3 is 2.32 bits per heavy atom. The van der Waals surface area contributed by atoms with Crippen molar-refractivity contribution in [3.8, 4) is 0 Å². The summed E-state index contributed by atoms with van der Waals surface area (Å²) in [5.41, 5.74) is 6.20. The van der Waals surface area contributed by atoms with Crippen LogP contribution in [0.5, 0.6) is 0 Å². The standard InChI is InChI=1S/C11H17Cl2N3O2S/c1-11(2,16-19(3,17)18)6-15-10-5-8(13)7(12)4-9(10)14/h4-5,15-16H,6,14H2,1-3H3. The van der Waals surface area contributed by atoms with Crippen molar-refractivity contribution in [1.29, 1.82) is 0 Å². The maximum atomic E-state index is 11.2. The molecule has 0 fully saturated rings. The van der Waals surface area contributed by atoms with Gasteiger partial charge in [0.2, 0.25) is 10.0 Å². The lowest BCUT2D eigenvalue weighted by molar-refractivity contribution is 0.476. The second-order valence-corrected chi connectivity index (χ2v) is 7.53. The van der Waals surface area contributed by atoms with Crippen LogP contribution in [0.25, 0.3) is 0 Å². The van der Waals surface area contributed by atoms with Crippen molar-refractivity contribution >= 4 is 44.6 Å². The monoisotopic (exact) mass is 325 g/mol. The number of benzene rings is 1. The van der Waals surface area contributed by atoms with Gasteiger partial charge < -0.3 is 11.1 Å². The molecule has 0 aliphatic heterocycles. The SMILES string of the molecule is CC(C)(CNc1cc(Cl)c(Cl)cc1N)NS(C)(=O)=O. The molecule has 108 valence electrons. The van der Waals surface area contributed by atoms with Gasteiger partial charge in [0, 0.05) is 12.1 Å². The van der Waals surface area contributed by atoms with Crippen molar-refractivity contribution < 1.29 is 8.42 Å². The van der Waals surface area contributed by atoms with Gasteiger partial charge in [-0.15, -0.1) is 0 Å². The third-order valence-corrected chi connectivity index (χ3v) is 3.92. The molecule has 0 saturated heterocycles. The van der Waals surface area contributed by atoms with Crippen molar-refractivity contribution in [3.05, 3.63) is 22.2 Å². The molecule has 0 aromatic heterocycles. The first-order valence-corrected chi connectivity index (χ1v) is 8.12. The van der Waals surface area contributed by atoms with Crippen molar-refractivity contribution in [1.82, 2.24) is 4.72 Å². The Morgan fingerprint density at radius 1 is 1.26 bits per heavy atom. The second kappa shape index (κ2) is 5.75. The number of rotatable bonds is 5. The first-order chi connectivity index (χ1) is 8.50. The molecule has 0 atom stereocenters. The number of sulfonamides is 1. The van der Waals surface area contributed by atoms with Crippen LogP contribution >= 0.6 is 23.2 Å². The van der Waals surface area contributed by atoms with E-state index < -0.39 is 15.6 Å². The molecular formula is C11H17Cl2N3O2S. The molecule has 1 rings (SSSR count). The smallest absolute Gasteiger partial charge is 0.209 e. The number of anilines is 2. The van der Waals surface area contributed by atoms with Gasteiger partial charge in [0.15, 0.2) is 0 Å². The summed E-state index contributed by atoms with van der Waals surface area (Å²) in [5, 5.41) is 3.80. The van der Waals surface area contributed by atoms with Crippen LogP contribution in [0.3, 0.4) is 0 Å². The highest BCUT2D eigenvalue weighted by atomic mass is 35.5. The van der Waals surface area contributed by atoms with Gasteiger partial charge in [-0.05, 0) is 26.0 Å². The highest BCUT2D eigenvalue weighted by Gasteiger charge is 2.22. The molecule has 0 saturated carbocycles. The first-order valence-electron chi connectivity index (χ1n) is 5.47. The Morgan fingerprint density at radius 2 is 1.79 bits per heavy atom. The van der Waals surface area contributed by atoms with Gasteiger partial charge in [-0.3, -0.25) is 0 Å². The van der Waals surface area contributed by atoms with Gasteiger partial charge in [-0.2, -0.15) is 0 Å². The molecule has 0 amide bonds. The zero-order chi connectivity index (χ0) is 14.8. The summed E-state index contributed by atoms with van der Waals surface area (Å²) >= 11 is 11.7. The summed E-state index contributed by atoms with van der Waals surface area (Å²) in [4.78, 5) is 0. The third-order valence-electron chi connectivity index (χ3n) is 2.27. The van der Waals surface area contributed by atoms with Gasteiger partial charge in [0.25, 0.3) is 0 Å². The fourth-order valence-corrected chi connectivity index (χ4v) is 2.98. The number of nitrogens with one attached hydrogen (secondary N) is 2. The van der Waals surface area contributed by atoms with Crippen LogP contribution in [0.2, 0.25) is 10.0 Å².